The summed E-state index contributed by atoms with van der Waals surface area (Å²) in [5.41, 5.74) is 5.50. The molecule has 0 atom stereocenters. The first-order chi connectivity index (χ1) is 17.1. The number of carbonyl (C=O) groups excluding carboxylic acids is 1. The predicted octanol–water partition coefficient (Wildman–Crippen LogP) is 6.77. The van der Waals surface area contributed by atoms with E-state index < -0.39 is 0 Å². The van der Waals surface area contributed by atoms with Crippen LogP contribution in [-0.4, -0.2) is 17.5 Å². The summed E-state index contributed by atoms with van der Waals surface area (Å²) in [6.07, 6.45) is 6.82. The Morgan fingerprint density at radius 3 is 2.63 bits per heavy atom. The van der Waals surface area contributed by atoms with Gasteiger partial charge < -0.3 is 14.5 Å². The number of nitrogens with zero attached hydrogens (tertiary/aromatic N) is 1. The lowest BCUT2D eigenvalue weighted by Crippen LogP contribution is -2.20. The van der Waals surface area contributed by atoms with Gasteiger partial charge in [-0.1, -0.05) is 36.4 Å². The van der Waals surface area contributed by atoms with Crippen LogP contribution in [0, 0.1) is 0 Å². The summed E-state index contributed by atoms with van der Waals surface area (Å²) in [6, 6.07) is 22.4. The smallest absolute Gasteiger partial charge is 0.244 e. The van der Waals surface area contributed by atoms with Gasteiger partial charge in [0, 0.05) is 47.6 Å². The Labute approximate surface area is 204 Å². The van der Waals surface area contributed by atoms with Crippen LogP contribution in [0.2, 0.25) is 0 Å². The molecule has 5 aromatic rings. The number of amides is 1. The molecular formula is C30H26N2O3. The molecule has 5 heteroatoms. The van der Waals surface area contributed by atoms with E-state index in [4.69, 9.17) is 9.15 Å². The average molecular weight is 463 g/mol. The van der Waals surface area contributed by atoms with Gasteiger partial charge in [0.05, 0.1) is 12.9 Å². The fourth-order valence-corrected chi connectivity index (χ4v) is 4.23. The van der Waals surface area contributed by atoms with Crippen molar-refractivity contribution in [1.29, 1.82) is 0 Å². The quantitative estimate of drug-likeness (QED) is 0.271. The van der Waals surface area contributed by atoms with Crippen LogP contribution in [-0.2, 0) is 11.3 Å². The van der Waals surface area contributed by atoms with Crippen molar-refractivity contribution < 1.29 is 13.9 Å². The third-order valence-electron chi connectivity index (χ3n) is 6.02. The zero-order chi connectivity index (χ0) is 24.2. The van der Waals surface area contributed by atoms with E-state index >= 15 is 0 Å². The Balaban J connectivity index is 1.50. The molecule has 1 amide bonds. The van der Waals surface area contributed by atoms with Crippen molar-refractivity contribution >= 4 is 33.2 Å². The second-order valence-electron chi connectivity index (χ2n) is 8.39. The molecule has 0 fully saturated rings. The molecule has 0 aliphatic carbocycles. The Morgan fingerprint density at radius 2 is 1.83 bits per heavy atom. The first kappa shape index (κ1) is 22.4. The van der Waals surface area contributed by atoms with Gasteiger partial charge in [-0.15, -0.1) is 0 Å². The Kier molecular flexibility index (Phi) is 6.31. The Morgan fingerprint density at radius 1 is 1.03 bits per heavy atom. The molecule has 0 radical (unpaired) electrons. The minimum absolute atomic E-state index is 0.163. The van der Waals surface area contributed by atoms with E-state index in [1.54, 1.807) is 24.7 Å². The molecule has 5 rings (SSSR count). The number of carbonyl (C=O) groups is 1. The van der Waals surface area contributed by atoms with Crippen LogP contribution in [0.1, 0.15) is 25.0 Å². The van der Waals surface area contributed by atoms with Crippen molar-refractivity contribution in [3.8, 4) is 16.9 Å². The fourth-order valence-electron chi connectivity index (χ4n) is 4.23. The number of allylic oxidation sites excluding steroid dienone is 1. The lowest BCUT2D eigenvalue weighted by molar-refractivity contribution is -0.116. The summed E-state index contributed by atoms with van der Waals surface area (Å²) in [7, 11) is 0. The third-order valence-corrected chi connectivity index (χ3v) is 6.02. The van der Waals surface area contributed by atoms with Crippen LogP contribution in [0.3, 0.4) is 0 Å². The number of furan rings is 1. The van der Waals surface area contributed by atoms with E-state index in [0.29, 0.717) is 18.9 Å². The molecule has 1 N–H and O–H groups in total. The molecule has 0 saturated heterocycles. The molecule has 35 heavy (non-hydrogen) atoms. The lowest BCUT2D eigenvalue weighted by Gasteiger charge is -2.12. The van der Waals surface area contributed by atoms with Gasteiger partial charge in [0.25, 0.3) is 0 Å². The second-order valence-corrected chi connectivity index (χ2v) is 8.39. The minimum Gasteiger partial charge on any atom is -0.493 e. The summed E-state index contributed by atoms with van der Waals surface area (Å²) in [5, 5.41) is 6.28. The third kappa shape index (κ3) is 4.80. The summed E-state index contributed by atoms with van der Waals surface area (Å²) < 4.78 is 11.8. The molecule has 2 aromatic heterocycles. The van der Waals surface area contributed by atoms with Gasteiger partial charge in [-0.25, -0.2) is 0 Å². The molecule has 0 aliphatic heterocycles. The fraction of sp³-hybridized carbons (Fsp3) is 0.133. The molecule has 0 unspecified atom stereocenters. The maximum Gasteiger partial charge on any atom is 0.244 e. The number of ether oxygens (including phenoxy) is 1. The van der Waals surface area contributed by atoms with Crippen molar-refractivity contribution in [3.63, 3.8) is 0 Å². The van der Waals surface area contributed by atoms with Gasteiger partial charge in [0.2, 0.25) is 5.91 Å². The van der Waals surface area contributed by atoms with E-state index in [0.717, 1.165) is 38.8 Å². The zero-order valence-electron chi connectivity index (χ0n) is 19.7. The number of hydrogen-bond acceptors (Lipinski definition) is 4. The van der Waals surface area contributed by atoms with Gasteiger partial charge in [-0.3, -0.25) is 9.78 Å². The van der Waals surface area contributed by atoms with Crippen LogP contribution in [0.15, 0.2) is 95.9 Å². The van der Waals surface area contributed by atoms with Crippen molar-refractivity contribution in [1.82, 2.24) is 10.3 Å². The molecule has 0 aliphatic rings. The highest BCUT2D eigenvalue weighted by Crippen LogP contribution is 2.38. The Hall–Kier alpha value is -4.38. The maximum absolute atomic E-state index is 12.6. The van der Waals surface area contributed by atoms with E-state index in [9.17, 15) is 4.79 Å². The molecular weight excluding hydrogens is 436 g/mol. The maximum atomic E-state index is 12.6. The number of pyridine rings is 1. The van der Waals surface area contributed by atoms with Crippen molar-refractivity contribution in [3.05, 3.63) is 103 Å². The highest BCUT2D eigenvalue weighted by atomic mass is 16.5. The molecule has 174 valence electrons. The summed E-state index contributed by atoms with van der Waals surface area (Å²) in [4.78, 5) is 16.6. The number of aromatic nitrogens is 1. The number of benzene rings is 3. The van der Waals surface area contributed by atoms with Gasteiger partial charge in [0.1, 0.15) is 11.3 Å². The summed E-state index contributed by atoms with van der Waals surface area (Å²) in [6.45, 7) is 4.82. The van der Waals surface area contributed by atoms with Gasteiger partial charge in [0.15, 0.2) is 0 Å². The minimum atomic E-state index is -0.163. The number of fused-ring (bicyclic) bond motifs is 2. The van der Waals surface area contributed by atoms with E-state index in [2.05, 4.69) is 46.7 Å². The second kappa shape index (κ2) is 9.85. The first-order valence-corrected chi connectivity index (χ1v) is 11.6. The molecule has 0 spiro atoms. The zero-order valence-corrected chi connectivity index (χ0v) is 19.7. The number of nitrogens with one attached hydrogen (secondary N) is 1. The van der Waals surface area contributed by atoms with Gasteiger partial charge in [-0.2, -0.15) is 0 Å². The monoisotopic (exact) mass is 462 g/mol. The molecule has 0 bridgehead atoms. The Bertz CT molecular complexity index is 1530. The van der Waals surface area contributed by atoms with E-state index in [1.807, 2.05) is 44.2 Å². The molecule has 5 nitrogen and oxygen atoms in total. The van der Waals surface area contributed by atoms with Crippen LogP contribution in [0.4, 0.5) is 0 Å². The summed E-state index contributed by atoms with van der Waals surface area (Å²) in [5.74, 6) is 0.527. The van der Waals surface area contributed by atoms with Gasteiger partial charge >= 0.3 is 0 Å². The highest BCUT2D eigenvalue weighted by Gasteiger charge is 2.15. The number of rotatable bonds is 7. The molecule has 2 heterocycles. The SMILES string of the molecule is CCOc1cc2occ(-c3ccc4ccccc4c3)c2cc1/C(C)=C/C(=O)NCc1ccncc1. The summed E-state index contributed by atoms with van der Waals surface area (Å²) >= 11 is 0. The molecule has 3 aromatic carbocycles. The van der Waals surface area contributed by atoms with E-state index in [-0.39, 0.29) is 5.91 Å². The van der Waals surface area contributed by atoms with Crippen molar-refractivity contribution in [2.45, 2.75) is 20.4 Å². The van der Waals surface area contributed by atoms with Crippen molar-refractivity contribution in [2.24, 2.45) is 0 Å². The average Bonchev–Trinajstić information content (AvgIpc) is 3.30. The van der Waals surface area contributed by atoms with Crippen LogP contribution in [0.25, 0.3) is 38.4 Å². The topological polar surface area (TPSA) is 64.4 Å². The van der Waals surface area contributed by atoms with E-state index in [1.165, 1.54) is 10.8 Å². The van der Waals surface area contributed by atoms with Crippen LogP contribution < -0.4 is 10.1 Å². The van der Waals surface area contributed by atoms with Crippen LogP contribution in [0.5, 0.6) is 5.75 Å². The largest absolute Gasteiger partial charge is 0.493 e. The van der Waals surface area contributed by atoms with Crippen LogP contribution >= 0.6 is 0 Å². The highest BCUT2D eigenvalue weighted by molar-refractivity contribution is 6.01. The molecule has 0 saturated carbocycles. The lowest BCUT2D eigenvalue weighted by atomic mass is 9.97. The van der Waals surface area contributed by atoms with Gasteiger partial charge in [-0.05, 0) is 65.6 Å². The normalized spacial score (nSPS) is 11.7. The number of hydrogen-bond donors (Lipinski definition) is 1. The first-order valence-electron chi connectivity index (χ1n) is 11.6. The predicted molar refractivity (Wildman–Crippen MR) is 140 cm³/mol. The standard InChI is InChI=1S/C30H26N2O3/c1-3-34-28-17-29-26(27(19-35-29)24-9-8-22-6-4-5-7-23(22)15-24)16-25(28)20(2)14-30(33)32-18-21-10-12-31-13-11-21/h4-17,19H,3,18H2,1-2H3,(H,32,33)/b20-14+. The van der Waals surface area contributed by atoms with Crippen molar-refractivity contribution in [2.75, 3.05) is 6.61 Å².